The van der Waals surface area contributed by atoms with Gasteiger partial charge in [-0.1, -0.05) is 6.92 Å². The van der Waals surface area contributed by atoms with Gasteiger partial charge in [-0.05, 0) is 26.7 Å². The molecule has 3 aromatic rings. The van der Waals surface area contributed by atoms with Crippen LogP contribution in [0.3, 0.4) is 0 Å². The van der Waals surface area contributed by atoms with Crippen molar-refractivity contribution in [1.82, 2.24) is 29.3 Å². The first kappa shape index (κ1) is 30.0. The fraction of sp³-hybridized carbons (Fsp3) is 0.536. The van der Waals surface area contributed by atoms with Crippen LogP contribution in [0.2, 0.25) is 0 Å². The van der Waals surface area contributed by atoms with Crippen molar-refractivity contribution >= 4 is 35.6 Å². The number of aliphatic hydroxyl groups excluding tert-OH is 2. The van der Waals surface area contributed by atoms with Gasteiger partial charge in [0.25, 0.3) is 0 Å². The molecule has 1 fully saturated rings. The lowest BCUT2D eigenvalue weighted by atomic mass is 9.86. The molecule has 1 amide bonds. The molecule has 0 spiro atoms. The van der Waals surface area contributed by atoms with Crippen molar-refractivity contribution in [2.45, 2.75) is 52.0 Å². The highest BCUT2D eigenvalue weighted by Gasteiger charge is 2.38. The van der Waals surface area contributed by atoms with Gasteiger partial charge in [0.2, 0.25) is 5.91 Å². The number of rotatable bonds is 12. The average Bonchev–Trinajstić information content (AvgIpc) is 3.66. The average molecular weight is 566 g/mol. The van der Waals surface area contributed by atoms with Crippen LogP contribution < -0.4 is 5.32 Å². The van der Waals surface area contributed by atoms with E-state index in [-0.39, 0.29) is 17.6 Å². The van der Waals surface area contributed by atoms with Crippen molar-refractivity contribution < 1.29 is 19.8 Å². The maximum Gasteiger partial charge on any atom is 0.233 e. The first-order chi connectivity index (χ1) is 19.8. The molecule has 1 atom stereocenters. The Kier molecular flexibility index (Phi) is 9.28. The van der Waals surface area contributed by atoms with E-state index in [1.54, 1.807) is 46.7 Å². The Bertz CT molecular complexity index is 1430. The van der Waals surface area contributed by atoms with Gasteiger partial charge in [-0.3, -0.25) is 19.3 Å². The topological polar surface area (TPSA) is 174 Å². The Morgan fingerprint density at radius 3 is 2.51 bits per heavy atom. The van der Waals surface area contributed by atoms with E-state index in [0.717, 1.165) is 11.1 Å². The summed E-state index contributed by atoms with van der Waals surface area (Å²) in [7, 11) is 1.65. The summed E-state index contributed by atoms with van der Waals surface area (Å²) in [6, 6.07) is -0.420. The van der Waals surface area contributed by atoms with Crippen LogP contribution in [0.25, 0.3) is 16.8 Å². The molecule has 1 aliphatic heterocycles. The molecular formula is C28H39N9O4. The number of carbonyl (C=O) groups excluding carboxylic acids is 2. The van der Waals surface area contributed by atoms with Gasteiger partial charge in [0.05, 0.1) is 42.3 Å². The minimum Gasteiger partial charge on any atom is -0.395 e. The number of ketones is 1. The summed E-state index contributed by atoms with van der Waals surface area (Å²) in [5.41, 5.74) is 2.02. The summed E-state index contributed by atoms with van der Waals surface area (Å²) < 4.78 is 3.30. The maximum absolute atomic E-state index is 13.4. The lowest BCUT2D eigenvalue weighted by Gasteiger charge is -2.37. The standard InChI is InChI=1S/C28H39N9O4/c1-5-22(40)23-24(18-7-9-35(10-8-18)27(41)28(3,16-38)17-39)34-25-21(14-33-37(25)26(23)31-6-2)19-12-32-36(15-19)20(11-29)13-30-4/h11-15,18,20,29,31,38-39H,5-10,16-17H2,1-4H3. The number of hydrogen-bond acceptors (Lipinski definition) is 10. The third kappa shape index (κ3) is 5.64. The van der Waals surface area contributed by atoms with Gasteiger partial charge in [0.15, 0.2) is 11.4 Å². The summed E-state index contributed by atoms with van der Waals surface area (Å²) in [6.07, 6.45) is 9.55. The first-order valence-corrected chi connectivity index (χ1v) is 13.9. The number of aliphatic imine (C=N–C) groups is 1. The lowest BCUT2D eigenvalue weighted by Crippen LogP contribution is -2.49. The highest BCUT2D eigenvalue weighted by Crippen LogP contribution is 2.36. The molecule has 3 aromatic heterocycles. The van der Waals surface area contributed by atoms with Crippen molar-refractivity contribution in [3.63, 3.8) is 0 Å². The Morgan fingerprint density at radius 1 is 1.22 bits per heavy atom. The summed E-state index contributed by atoms with van der Waals surface area (Å²) in [5.74, 6) is 0.165. The second-order valence-corrected chi connectivity index (χ2v) is 10.5. The number of piperidine rings is 1. The molecule has 0 radical (unpaired) electrons. The largest absolute Gasteiger partial charge is 0.395 e. The Labute approximate surface area is 238 Å². The van der Waals surface area contributed by atoms with Crippen LogP contribution in [0.5, 0.6) is 0 Å². The number of Topliss-reactive ketones (excluding diaryl/α,β-unsaturated/α-hetero) is 1. The van der Waals surface area contributed by atoms with Crippen molar-refractivity contribution in [3.8, 4) is 11.1 Å². The molecule has 0 saturated carbocycles. The molecule has 0 aromatic carbocycles. The number of aliphatic hydroxyl groups is 2. The summed E-state index contributed by atoms with van der Waals surface area (Å²) in [4.78, 5) is 37.1. The van der Waals surface area contributed by atoms with Crippen LogP contribution in [0.4, 0.5) is 5.82 Å². The SMILES string of the molecule is CCNc1c(C(=O)CC)c(C2CCN(C(=O)C(C)(CO)CO)CC2)nc2c(-c3cnn(C(C=N)C=NC)c3)cnn12. The second-order valence-electron chi connectivity index (χ2n) is 10.5. The van der Waals surface area contributed by atoms with E-state index < -0.39 is 24.7 Å². The molecule has 13 nitrogen and oxygen atoms in total. The zero-order chi connectivity index (χ0) is 29.7. The van der Waals surface area contributed by atoms with Gasteiger partial charge in [0, 0.05) is 68.8 Å². The van der Waals surface area contributed by atoms with E-state index in [2.05, 4.69) is 20.5 Å². The number of fused-ring (bicyclic) bond motifs is 1. The van der Waals surface area contributed by atoms with E-state index in [1.807, 2.05) is 20.0 Å². The minimum atomic E-state index is -1.23. The second kappa shape index (κ2) is 12.7. The third-order valence-electron chi connectivity index (χ3n) is 7.69. The zero-order valence-electron chi connectivity index (χ0n) is 24.0. The van der Waals surface area contributed by atoms with Gasteiger partial charge in [-0.15, -0.1) is 0 Å². The molecule has 0 bridgehead atoms. The van der Waals surface area contributed by atoms with Gasteiger partial charge >= 0.3 is 0 Å². The molecule has 4 heterocycles. The monoisotopic (exact) mass is 565 g/mol. The van der Waals surface area contributed by atoms with E-state index in [1.165, 1.54) is 6.21 Å². The molecule has 13 heteroatoms. The van der Waals surface area contributed by atoms with Crippen molar-refractivity contribution in [3.05, 3.63) is 29.8 Å². The molecule has 41 heavy (non-hydrogen) atoms. The van der Waals surface area contributed by atoms with E-state index >= 15 is 0 Å². The van der Waals surface area contributed by atoms with Crippen LogP contribution in [0, 0.1) is 10.8 Å². The number of aromatic nitrogens is 5. The van der Waals surface area contributed by atoms with Crippen LogP contribution >= 0.6 is 0 Å². The van der Waals surface area contributed by atoms with Crippen LogP contribution in [0.1, 0.15) is 68.0 Å². The fourth-order valence-corrected chi connectivity index (χ4v) is 5.20. The normalized spacial score (nSPS) is 15.5. The Hall–Kier alpha value is -3.97. The molecule has 220 valence electrons. The highest BCUT2D eigenvalue weighted by atomic mass is 16.3. The molecule has 4 rings (SSSR count). The smallest absolute Gasteiger partial charge is 0.233 e. The van der Waals surface area contributed by atoms with E-state index in [4.69, 9.17) is 10.4 Å². The van der Waals surface area contributed by atoms with Crippen molar-refractivity contribution in [2.24, 2.45) is 10.4 Å². The third-order valence-corrected chi connectivity index (χ3v) is 7.69. The van der Waals surface area contributed by atoms with Crippen molar-refractivity contribution in [1.29, 1.82) is 5.41 Å². The minimum absolute atomic E-state index is 0.0467. The van der Waals surface area contributed by atoms with Gasteiger partial charge < -0.3 is 25.8 Å². The molecular weight excluding hydrogens is 526 g/mol. The summed E-state index contributed by atoms with van der Waals surface area (Å²) in [5, 5.41) is 39.5. The maximum atomic E-state index is 13.4. The first-order valence-electron chi connectivity index (χ1n) is 13.9. The van der Waals surface area contributed by atoms with Crippen LogP contribution in [-0.2, 0) is 4.79 Å². The van der Waals surface area contributed by atoms with Crippen LogP contribution in [0.15, 0.2) is 23.6 Å². The molecule has 1 saturated heterocycles. The number of amides is 1. The number of anilines is 1. The Morgan fingerprint density at radius 2 is 1.93 bits per heavy atom. The van der Waals surface area contributed by atoms with Crippen LogP contribution in [-0.4, -0.2) is 104 Å². The van der Waals surface area contributed by atoms with E-state index in [0.29, 0.717) is 61.6 Å². The molecule has 4 N–H and O–H groups in total. The number of nitrogens with zero attached hydrogens (tertiary/aromatic N) is 7. The van der Waals surface area contributed by atoms with Gasteiger partial charge in [-0.25, -0.2) is 4.98 Å². The molecule has 1 unspecified atom stereocenters. The highest BCUT2D eigenvalue weighted by molar-refractivity contribution is 6.02. The predicted octanol–water partition coefficient (Wildman–Crippen LogP) is 2.21. The Balaban J connectivity index is 1.78. The number of hydrogen-bond donors (Lipinski definition) is 4. The van der Waals surface area contributed by atoms with E-state index in [9.17, 15) is 19.8 Å². The predicted molar refractivity (Wildman–Crippen MR) is 156 cm³/mol. The van der Waals surface area contributed by atoms with Gasteiger partial charge in [0.1, 0.15) is 11.9 Å². The molecule has 1 aliphatic rings. The fourth-order valence-electron chi connectivity index (χ4n) is 5.20. The lowest BCUT2D eigenvalue weighted by molar-refractivity contribution is -0.147. The summed E-state index contributed by atoms with van der Waals surface area (Å²) >= 11 is 0. The van der Waals surface area contributed by atoms with Crippen molar-refractivity contribution in [2.75, 3.05) is 45.2 Å². The number of carbonyl (C=O) groups is 2. The number of likely N-dealkylation sites (tertiary alicyclic amines) is 1. The summed E-state index contributed by atoms with van der Waals surface area (Å²) in [6.45, 7) is 5.87. The van der Waals surface area contributed by atoms with Gasteiger partial charge in [-0.2, -0.15) is 14.7 Å². The zero-order valence-corrected chi connectivity index (χ0v) is 24.0. The quantitative estimate of drug-likeness (QED) is 0.191. The number of nitrogens with one attached hydrogen (secondary N) is 2. The molecule has 0 aliphatic carbocycles.